The van der Waals surface area contributed by atoms with E-state index in [4.69, 9.17) is 5.73 Å². The first-order valence-corrected chi connectivity index (χ1v) is 4.32. The van der Waals surface area contributed by atoms with Gasteiger partial charge >= 0.3 is 0 Å². The summed E-state index contributed by atoms with van der Waals surface area (Å²) in [6.45, 7) is 3.32. The summed E-state index contributed by atoms with van der Waals surface area (Å²) in [7, 11) is 0. The van der Waals surface area contributed by atoms with Crippen LogP contribution in [0.25, 0.3) is 0 Å². The summed E-state index contributed by atoms with van der Waals surface area (Å²) in [5.74, 6) is -0.612. The summed E-state index contributed by atoms with van der Waals surface area (Å²) in [4.78, 5) is 21.9. The summed E-state index contributed by atoms with van der Waals surface area (Å²) >= 11 is 0. The zero-order valence-electron chi connectivity index (χ0n) is 7.72. The van der Waals surface area contributed by atoms with Crippen LogP contribution < -0.4 is 16.4 Å². The molecule has 1 rings (SSSR count). The minimum Gasteiger partial charge on any atom is -0.368 e. The van der Waals surface area contributed by atoms with Crippen molar-refractivity contribution >= 4 is 11.8 Å². The lowest BCUT2D eigenvalue weighted by Gasteiger charge is -2.20. The molecule has 0 aromatic rings. The molecule has 74 valence electrons. The molecule has 0 aromatic carbocycles. The summed E-state index contributed by atoms with van der Waals surface area (Å²) in [6, 6.07) is 0. The van der Waals surface area contributed by atoms with Crippen molar-refractivity contribution in [2.24, 2.45) is 11.1 Å². The highest BCUT2D eigenvalue weighted by Gasteiger charge is 2.35. The van der Waals surface area contributed by atoms with Crippen LogP contribution in [0.1, 0.15) is 13.3 Å². The van der Waals surface area contributed by atoms with Crippen molar-refractivity contribution < 1.29 is 9.59 Å². The minimum atomic E-state index is -0.511. The Morgan fingerprint density at radius 3 is 2.77 bits per heavy atom. The van der Waals surface area contributed by atoms with E-state index in [0.29, 0.717) is 6.54 Å². The third-order valence-electron chi connectivity index (χ3n) is 2.34. The van der Waals surface area contributed by atoms with Gasteiger partial charge in [-0.25, -0.2) is 0 Å². The van der Waals surface area contributed by atoms with Crippen LogP contribution in [0.3, 0.4) is 0 Å². The Morgan fingerprint density at radius 1 is 1.62 bits per heavy atom. The number of hydrogen-bond donors (Lipinski definition) is 3. The summed E-state index contributed by atoms with van der Waals surface area (Å²) in [6.07, 6.45) is 0.803. The lowest BCUT2D eigenvalue weighted by molar-refractivity contribution is -0.131. The van der Waals surface area contributed by atoms with Crippen molar-refractivity contribution in [2.75, 3.05) is 19.6 Å². The highest BCUT2D eigenvalue weighted by atomic mass is 16.2. The normalized spacial score (nSPS) is 27.2. The summed E-state index contributed by atoms with van der Waals surface area (Å²) in [5.41, 5.74) is 4.53. The molecule has 5 heteroatoms. The minimum absolute atomic E-state index is 0.0750. The Labute approximate surface area is 77.1 Å². The molecule has 1 heterocycles. The summed E-state index contributed by atoms with van der Waals surface area (Å²) < 4.78 is 0. The van der Waals surface area contributed by atoms with E-state index in [0.717, 1.165) is 13.0 Å². The van der Waals surface area contributed by atoms with Gasteiger partial charge in [0.2, 0.25) is 11.8 Å². The predicted molar refractivity (Wildman–Crippen MR) is 47.8 cm³/mol. The lowest BCUT2D eigenvalue weighted by Crippen LogP contribution is -2.43. The molecule has 4 N–H and O–H groups in total. The van der Waals surface area contributed by atoms with E-state index in [2.05, 4.69) is 10.6 Å². The van der Waals surface area contributed by atoms with Gasteiger partial charge in [-0.3, -0.25) is 9.59 Å². The van der Waals surface area contributed by atoms with Crippen LogP contribution in [0.5, 0.6) is 0 Å². The smallest absolute Gasteiger partial charge is 0.236 e. The van der Waals surface area contributed by atoms with Crippen molar-refractivity contribution in [3.63, 3.8) is 0 Å². The first-order chi connectivity index (χ1) is 6.04. The first kappa shape index (κ1) is 9.98. The standard InChI is InChI=1S/C8H15N3O2/c1-8(2-3-10-5-8)7(13)11-4-6(9)12/h10H,2-5H2,1H3,(H2,9,12)(H,11,13). The van der Waals surface area contributed by atoms with E-state index in [-0.39, 0.29) is 17.9 Å². The number of rotatable bonds is 3. The van der Waals surface area contributed by atoms with Crippen molar-refractivity contribution in [2.45, 2.75) is 13.3 Å². The van der Waals surface area contributed by atoms with Gasteiger partial charge in [-0.2, -0.15) is 0 Å². The molecule has 2 amide bonds. The van der Waals surface area contributed by atoms with E-state index < -0.39 is 5.91 Å². The second-order valence-corrected chi connectivity index (χ2v) is 3.64. The van der Waals surface area contributed by atoms with Gasteiger partial charge in [-0.05, 0) is 19.9 Å². The molecule has 1 fully saturated rings. The Morgan fingerprint density at radius 2 is 2.31 bits per heavy atom. The van der Waals surface area contributed by atoms with Crippen LogP contribution in [0.4, 0.5) is 0 Å². The Bertz CT molecular complexity index is 221. The van der Waals surface area contributed by atoms with Gasteiger partial charge < -0.3 is 16.4 Å². The highest BCUT2D eigenvalue weighted by Crippen LogP contribution is 2.24. The van der Waals surface area contributed by atoms with Crippen LogP contribution in [0.15, 0.2) is 0 Å². The molecule has 1 atom stereocenters. The van der Waals surface area contributed by atoms with E-state index in [1.165, 1.54) is 0 Å². The molecule has 1 aliphatic heterocycles. The molecule has 0 aromatic heterocycles. The fourth-order valence-corrected chi connectivity index (χ4v) is 1.39. The molecule has 0 spiro atoms. The van der Waals surface area contributed by atoms with Crippen molar-refractivity contribution in [3.8, 4) is 0 Å². The van der Waals surface area contributed by atoms with E-state index >= 15 is 0 Å². The molecule has 13 heavy (non-hydrogen) atoms. The number of hydrogen-bond acceptors (Lipinski definition) is 3. The number of carbonyl (C=O) groups excluding carboxylic acids is 2. The Hall–Kier alpha value is -1.10. The average molecular weight is 185 g/mol. The number of amides is 2. The van der Waals surface area contributed by atoms with Crippen LogP contribution in [-0.2, 0) is 9.59 Å². The molecule has 1 unspecified atom stereocenters. The number of carbonyl (C=O) groups is 2. The van der Waals surface area contributed by atoms with E-state index in [1.54, 1.807) is 0 Å². The topological polar surface area (TPSA) is 84.2 Å². The maximum Gasteiger partial charge on any atom is 0.236 e. The maximum atomic E-state index is 11.5. The predicted octanol–water partition coefficient (Wildman–Crippen LogP) is -1.41. The van der Waals surface area contributed by atoms with Gasteiger partial charge in [0.05, 0.1) is 12.0 Å². The van der Waals surface area contributed by atoms with Crippen molar-refractivity contribution in [1.82, 2.24) is 10.6 Å². The van der Waals surface area contributed by atoms with Crippen LogP contribution >= 0.6 is 0 Å². The van der Waals surface area contributed by atoms with Gasteiger partial charge in [-0.15, -0.1) is 0 Å². The van der Waals surface area contributed by atoms with E-state index in [9.17, 15) is 9.59 Å². The fraction of sp³-hybridized carbons (Fsp3) is 0.750. The van der Waals surface area contributed by atoms with Gasteiger partial charge in [0.25, 0.3) is 0 Å². The molecule has 1 saturated heterocycles. The molecular formula is C8H15N3O2. The molecular weight excluding hydrogens is 170 g/mol. The zero-order chi connectivity index (χ0) is 9.90. The SMILES string of the molecule is CC1(C(=O)NCC(N)=O)CCNC1. The maximum absolute atomic E-state index is 11.5. The number of nitrogens with one attached hydrogen (secondary N) is 2. The number of nitrogens with two attached hydrogens (primary N) is 1. The van der Waals surface area contributed by atoms with Gasteiger partial charge in [-0.1, -0.05) is 0 Å². The molecule has 5 nitrogen and oxygen atoms in total. The average Bonchev–Trinajstić information content (AvgIpc) is 2.49. The largest absolute Gasteiger partial charge is 0.368 e. The number of primary amides is 1. The van der Waals surface area contributed by atoms with Gasteiger partial charge in [0.15, 0.2) is 0 Å². The molecule has 0 bridgehead atoms. The fourth-order valence-electron chi connectivity index (χ4n) is 1.39. The third-order valence-corrected chi connectivity index (χ3v) is 2.34. The Balaban J connectivity index is 2.42. The van der Waals surface area contributed by atoms with Crippen LogP contribution in [-0.4, -0.2) is 31.4 Å². The monoisotopic (exact) mass is 185 g/mol. The lowest BCUT2D eigenvalue weighted by atomic mass is 9.89. The quantitative estimate of drug-likeness (QED) is 0.505. The van der Waals surface area contributed by atoms with Crippen molar-refractivity contribution in [3.05, 3.63) is 0 Å². The van der Waals surface area contributed by atoms with Gasteiger partial charge in [0.1, 0.15) is 0 Å². The van der Waals surface area contributed by atoms with Gasteiger partial charge in [0, 0.05) is 6.54 Å². The molecule has 0 radical (unpaired) electrons. The van der Waals surface area contributed by atoms with E-state index in [1.807, 2.05) is 6.92 Å². The Kier molecular flexibility index (Phi) is 2.87. The molecule has 1 aliphatic rings. The zero-order valence-corrected chi connectivity index (χ0v) is 7.72. The third kappa shape index (κ3) is 2.42. The summed E-state index contributed by atoms with van der Waals surface area (Å²) in [5, 5.41) is 5.62. The highest BCUT2D eigenvalue weighted by molar-refractivity contribution is 5.87. The molecule has 0 aliphatic carbocycles. The second-order valence-electron chi connectivity index (χ2n) is 3.64. The first-order valence-electron chi connectivity index (χ1n) is 4.32. The second kappa shape index (κ2) is 3.74. The van der Waals surface area contributed by atoms with Crippen molar-refractivity contribution in [1.29, 1.82) is 0 Å². The van der Waals surface area contributed by atoms with Crippen LogP contribution in [0.2, 0.25) is 0 Å². The molecule has 0 saturated carbocycles. The van der Waals surface area contributed by atoms with Crippen LogP contribution in [0, 0.1) is 5.41 Å².